The van der Waals surface area contributed by atoms with Crippen LogP contribution in [0.1, 0.15) is 55.8 Å². The van der Waals surface area contributed by atoms with Crippen molar-refractivity contribution in [2.45, 2.75) is 63.5 Å². The molecule has 0 aromatic carbocycles. The zero-order valence-corrected chi connectivity index (χ0v) is 15.5. The summed E-state index contributed by atoms with van der Waals surface area (Å²) in [7, 11) is 0. The van der Waals surface area contributed by atoms with Crippen LogP contribution >= 0.6 is 0 Å². The lowest BCUT2D eigenvalue weighted by atomic mass is 9.92. The summed E-state index contributed by atoms with van der Waals surface area (Å²) in [5.41, 5.74) is 3.96. The second-order valence-corrected chi connectivity index (χ2v) is 7.68. The van der Waals surface area contributed by atoms with E-state index in [1.54, 1.807) is 17.0 Å². The maximum absolute atomic E-state index is 6.17. The fraction of sp³-hybridized carbons (Fsp3) is 0.500. The van der Waals surface area contributed by atoms with Gasteiger partial charge in [0.15, 0.2) is 0 Å². The fourth-order valence-electron chi connectivity index (χ4n) is 3.85. The van der Waals surface area contributed by atoms with Crippen LogP contribution in [0.2, 0.25) is 0 Å². The van der Waals surface area contributed by atoms with Crippen molar-refractivity contribution < 1.29 is 4.74 Å². The van der Waals surface area contributed by atoms with Crippen molar-refractivity contribution in [2.75, 3.05) is 5.32 Å². The number of hydrogen-bond acceptors (Lipinski definition) is 6. The van der Waals surface area contributed by atoms with Gasteiger partial charge in [-0.1, -0.05) is 0 Å². The van der Waals surface area contributed by atoms with Crippen LogP contribution in [0, 0.1) is 6.92 Å². The number of ether oxygens (including phenoxy) is 1. The second kappa shape index (κ2) is 6.79. The third kappa shape index (κ3) is 3.46. The van der Waals surface area contributed by atoms with Crippen LogP contribution in [0.4, 0.5) is 5.69 Å². The zero-order chi connectivity index (χ0) is 18.2. The maximum Gasteiger partial charge on any atom is 0.200 e. The normalized spacial score (nSPS) is 22.7. The molecule has 5 rings (SSSR count). The Morgan fingerprint density at radius 2 is 2.00 bits per heavy atom. The maximum atomic E-state index is 6.17. The highest BCUT2D eigenvalue weighted by Gasteiger charge is 2.28. The lowest BCUT2D eigenvalue weighted by Gasteiger charge is -2.30. The summed E-state index contributed by atoms with van der Waals surface area (Å²) in [4.78, 5) is 4.31. The smallest absolute Gasteiger partial charge is 0.200 e. The lowest BCUT2D eigenvalue weighted by molar-refractivity contribution is 0.148. The lowest BCUT2D eigenvalue weighted by Crippen LogP contribution is -2.31. The van der Waals surface area contributed by atoms with Crippen molar-refractivity contribution >= 4 is 11.3 Å². The predicted octanol–water partition coefficient (Wildman–Crippen LogP) is 3.51. The first-order valence-electron chi connectivity index (χ1n) is 9.82. The molecule has 0 saturated heterocycles. The SMILES string of the molecule is Cc1ncccc1OC1CCC(Nc2cc(C3CC3)nn3cnnc23)CC1. The molecule has 0 unspecified atom stereocenters. The monoisotopic (exact) mass is 364 g/mol. The van der Waals surface area contributed by atoms with Crippen molar-refractivity contribution in [1.29, 1.82) is 0 Å². The van der Waals surface area contributed by atoms with Gasteiger partial charge in [-0.3, -0.25) is 4.98 Å². The number of nitrogens with one attached hydrogen (secondary N) is 1. The summed E-state index contributed by atoms with van der Waals surface area (Å²) in [5, 5.41) is 16.6. The minimum atomic E-state index is 0.263. The first-order chi connectivity index (χ1) is 13.3. The van der Waals surface area contributed by atoms with Gasteiger partial charge in [0.05, 0.1) is 23.2 Å². The van der Waals surface area contributed by atoms with Gasteiger partial charge in [0, 0.05) is 18.2 Å². The third-order valence-electron chi connectivity index (χ3n) is 5.57. The second-order valence-electron chi connectivity index (χ2n) is 7.68. The summed E-state index contributed by atoms with van der Waals surface area (Å²) >= 11 is 0. The first-order valence-corrected chi connectivity index (χ1v) is 9.82. The van der Waals surface area contributed by atoms with Crippen molar-refractivity contribution in [2.24, 2.45) is 0 Å². The highest BCUT2D eigenvalue weighted by atomic mass is 16.5. The summed E-state index contributed by atoms with van der Waals surface area (Å²) in [6.45, 7) is 1.99. The van der Waals surface area contributed by atoms with Crippen LogP contribution in [0.15, 0.2) is 30.7 Å². The minimum Gasteiger partial charge on any atom is -0.489 e. The van der Waals surface area contributed by atoms with Gasteiger partial charge in [0.1, 0.15) is 12.1 Å². The molecule has 0 atom stereocenters. The molecule has 2 saturated carbocycles. The van der Waals surface area contributed by atoms with Crippen LogP contribution in [0.25, 0.3) is 5.65 Å². The Morgan fingerprint density at radius 3 is 2.78 bits per heavy atom. The van der Waals surface area contributed by atoms with E-state index >= 15 is 0 Å². The molecule has 2 fully saturated rings. The van der Waals surface area contributed by atoms with Crippen LogP contribution in [-0.2, 0) is 0 Å². The third-order valence-corrected chi connectivity index (χ3v) is 5.57. The number of nitrogens with zero attached hydrogens (tertiary/aromatic N) is 5. The van der Waals surface area contributed by atoms with E-state index in [0.29, 0.717) is 12.0 Å². The molecule has 0 spiro atoms. The molecule has 3 aromatic rings. The largest absolute Gasteiger partial charge is 0.489 e. The summed E-state index contributed by atoms with van der Waals surface area (Å²) in [5.74, 6) is 1.51. The molecule has 140 valence electrons. The Kier molecular flexibility index (Phi) is 4.14. The van der Waals surface area contributed by atoms with E-state index in [9.17, 15) is 0 Å². The number of aryl methyl sites for hydroxylation is 1. The zero-order valence-electron chi connectivity index (χ0n) is 15.5. The van der Waals surface area contributed by atoms with Crippen molar-refractivity contribution in [3.63, 3.8) is 0 Å². The molecule has 2 aliphatic rings. The van der Waals surface area contributed by atoms with Gasteiger partial charge >= 0.3 is 0 Å². The van der Waals surface area contributed by atoms with Crippen molar-refractivity contribution in [3.05, 3.63) is 42.1 Å². The van der Waals surface area contributed by atoms with E-state index in [0.717, 1.165) is 54.2 Å². The Hall–Kier alpha value is -2.70. The molecular weight excluding hydrogens is 340 g/mol. The molecule has 0 amide bonds. The highest BCUT2D eigenvalue weighted by Crippen LogP contribution is 2.40. The van der Waals surface area contributed by atoms with Gasteiger partial charge in [0.2, 0.25) is 5.65 Å². The van der Waals surface area contributed by atoms with Crippen LogP contribution in [-0.4, -0.2) is 36.9 Å². The molecule has 1 N–H and O–H groups in total. The molecule has 3 aromatic heterocycles. The first kappa shape index (κ1) is 16.5. The standard InChI is InChI=1S/C20H24N6O/c1-13-19(3-2-10-21-13)27-16-8-6-15(7-9-16)23-18-11-17(14-4-5-14)25-26-12-22-24-20(18)26/h2-3,10-12,14-16,23H,4-9H2,1H3. The summed E-state index contributed by atoms with van der Waals surface area (Å²) in [6, 6.07) is 6.53. The van der Waals surface area contributed by atoms with E-state index in [-0.39, 0.29) is 6.10 Å². The van der Waals surface area contributed by atoms with Crippen LogP contribution in [0.3, 0.4) is 0 Å². The van der Waals surface area contributed by atoms with Gasteiger partial charge in [0.25, 0.3) is 0 Å². The summed E-state index contributed by atoms with van der Waals surface area (Å²) < 4.78 is 7.98. The molecular formula is C20H24N6O. The molecule has 27 heavy (non-hydrogen) atoms. The number of fused-ring (bicyclic) bond motifs is 1. The molecule has 7 nitrogen and oxygen atoms in total. The topological polar surface area (TPSA) is 77.2 Å². The quantitative estimate of drug-likeness (QED) is 0.746. The number of anilines is 1. The average Bonchev–Trinajstić information content (AvgIpc) is 3.43. The Labute approximate surface area is 158 Å². The Bertz CT molecular complexity index is 943. The Balaban J connectivity index is 1.25. The Morgan fingerprint density at radius 1 is 1.15 bits per heavy atom. The summed E-state index contributed by atoms with van der Waals surface area (Å²) in [6.07, 6.45) is 10.4. The highest BCUT2D eigenvalue weighted by molar-refractivity contribution is 5.67. The number of aromatic nitrogens is 5. The molecule has 0 aliphatic heterocycles. The van der Waals surface area contributed by atoms with Crippen molar-refractivity contribution in [3.8, 4) is 5.75 Å². The van der Waals surface area contributed by atoms with Crippen LogP contribution < -0.4 is 10.1 Å². The molecule has 0 bridgehead atoms. The van der Waals surface area contributed by atoms with Crippen LogP contribution in [0.5, 0.6) is 5.75 Å². The van der Waals surface area contributed by atoms with E-state index in [2.05, 4.69) is 31.7 Å². The van der Waals surface area contributed by atoms with Crippen molar-refractivity contribution in [1.82, 2.24) is 24.8 Å². The number of pyridine rings is 1. The van der Waals surface area contributed by atoms with E-state index in [1.807, 2.05) is 19.1 Å². The van der Waals surface area contributed by atoms with E-state index in [4.69, 9.17) is 4.74 Å². The molecule has 2 aliphatic carbocycles. The van der Waals surface area contributed by atoms with E-state index in [1.165, 1.54) is 12.8 Å². The van der Waals surface area contributed by atoms with Gasteiger partial charge in [-0.05, 0) is 63.6 Å². The minimum absolute atomic E-state index is 0.263. The van der Waals surface area contributed by atoms with Gasteiger partial charge in [-0.25, -0.2) is 0 Å². The predicted molar refractivity (Wildman–Crippen MR) is 102 cm³/mol. The van der Waals surface area contributed by atoms with E-state index < -0.39 is 0 Å². The molecule has 3 heterocycles. The van der Waals surface area contributed by atoms with Gasteiger partial charge in [-0.2, -0.15) is 9.61 Å². The van der Waals surface area contributed by atoms with Gasteiger partial charge < -0.3 is 10.1 Å². The number of rotatable bonds is 5. The van der Waals surface area contributed by atoms with Gasteiger partial charge in [-0.15, -0.1) is 10.2 Å². The molecule has 7 heteroatoms. The molecule has 0 radical (unpaired) electrons. The fourth-order valence-corrected chi connectivity index (χ4v) is 3.85. The average molecular weight is 364 g/mol. The number of hydrogen-bond donors (Lipinski definition) is 1.